The zero-order chi connectivity index (χ0) is 15.7. The molecule has 2 aromatic rings. The van der Waals surface area contributed by atoms with Gasteiger partial charge in [0.1, 0.15) is 5.01 Å². The minimum absolute atomic E-state index is 0.0506. The lowest BCUT2D eigenvalue weighted by atomic mass is 10.1. The monoisotopic (exact) mass is 316 g/mol. The maximum atomic E-state index is 12.4. The fourth-order valence-electron chi connectivity index (χ4n) is 2.31. The second-order valence-corrected chi connectivity index (χ2v) is 6.39. The first-order valence-corrected chi connectivity index (χ1v) is 7.99. The maximum absolute atomic E-state index is 12.4. The van der Waals surface area contributed by atoms with Crippen molar-refractivity contribution in [2.24, 2.45) is 5.92 Å². The number of benzene rings is 1. The van der Waals surface area contributed by atoms with Gasteiger partial charge in [-0.05, 0) is 49.9 Å². The molecule has 1 saturated carbocycles. The molecule has 5 nitrogen and oxygen atoms in total. The van der Waals surface area contributed by atoms with E-state index in [2.05, 4.69) is 10.3 Å². The molecule has 22 heavy (non-hydrogen) atoms. The van der Waals surface area contributed by atoms with Crippen molar-refractivity contribution in [1.29, 1.82) is 0 Å². The van der Waals surface area contributed by atoms with E-state index in [0.29, 0.717) is 11.5 Å². The van der Waals surface area contributed by atoms with Crippen LogP contribution in [0.4, 0.5) is 0 Å². The van der Waals surface area contributed by atoms with Gasteiger partial charge in [0, 0.05) is 16.6 Å². The number of hydrogen-bond acceptors (Lipinski definition) is 4. The van der Waals surface area contributed by atoms with Crippen LogP contribution >= 0.6 is 11.3 Å². The third-order valence-electron chi connectivity index (χ3n) is 3.68. The molecule has 1 fully saturated rings. The second-order valence-electron chi connectivity index (χ2n) is 5.50. The summed E-state index contributed by atoms with van der Waals surface area (Å²) in [6.45, 7) is 1.94. The van der Waals surface area contributed by atoms with Gasteiger partial charge in [0.15, 0.2) is 0 Å². The van der Waals surface area contributed by atoms with Crippen molar-refractivity contribution < 1.29 is 14.7 Å². The summed E-state index contributed by atoms with van der Waals surface area (Å²) >= 11 is 1.57. The number of carbonyl (C=O) groups is 2. The van der Waals surface area contributed by atoms with Gasteiger partial charge in [0.25, 0.3) is 5.91 Å². The summed E-state index contributed by atoms with van der Waals surface area (Å²) < 4.78 is 0. The van der Waals surface area contributed by atoms with Crippen LogP contribution < -0.4 is 5.32 Å². The average molecular weight is 316 g/mol. The van der Waals surface area contributed by atoms with Gasteiger partial charge in [0.2, 0.25) is 0 Å². The van der Waals surface area contributed by atoms with Crippen LogP contribution in [0.3, 0.4) is 0 Å². The zero-order valence-electron chi connectivity index (χ0n) is 12.1. The Morgan fingerprint density at radius 3 is 2.41 bits per heavy atom. The number of carboxylic acids is 1. The molecule has 1 heterocycles. The molecule has 0 bridgehead atoms. The minimum Gasteiger partial charge on any atom is -0.478 e. The predicted molar refractivity (Wildman–Crippen MR) is 83.2 cm³/mol. The lowest BCUT2D eigenvalue weighted by Crippen LogP contribution is -2.29. The van der Waals surface area contributed by atoms with Crippen LogP contribution in [0.1, 0.15) is 50.3 Å². The number of aromatic carboxylic acids is 1. The van der Waals surface area contributed by atoms with Gasteiger partial charge in [0.05, 0.1) is 11.6 Å². The fraction of sp³-hybridized carbons (Fsp3) is 0.312. The van der Waals surface area contributed by atoms with Crippen LogP contribution in [0.5, 0.6) is 0 Å². The van der Waals surface area contributed by atoms with Crippen LogP contribution in [0.15, 0.2) is 29.6 Å². The lowest BCUT2D eigenvalue weighted by molar-refractivity contribution is 0.0696. The third-order valence-corrected chi connectivity index (χ3v) is 4.72. The number of nitrogens with one attached hydrogen (secondary N) is 1. The fourth-order valence-corrected chi connectivity index (χ4v) is 3.25. The van der Waals surface area contributed by atoms with E-state index < -0.39 is 5.97 Å². The zero-order valence-corrected chi connectivity index (χ0v) is 12.9. The largest absolute Gasteiger partial charge is 0.478 e. The summed E-state index contributed by atoms with van der Waals surface area (Å²) in [7, 11) is 0. The highest BCUT2D eigenvalue weighted by Gasteiger charge is 2.35. The molecule has 0 spiro atoms. The topological polar surface area (TPSA) is 79.3 Å². The van der Waals surface area contributed by atoms with E-state index in [0.717, 1.165) is 23.5 Å². The molecule has 1 aliphatic rings. The number of nitrogens with zero attached hydrogens (tertiary/aromatic N) is 1. The van der Waals surface area contributed by atoms with Crippen LogP contribution in [0.25, 0.3) is 0 Å². The Hall–Kier alpha value is -2.21. The summed E-state index contributed by atoms with van der Waals surface area (Å²) in [5, 5.41) is 14.8. The van der Waals surface area contributed by atoms with E-state index in [4.69, 9.17) is 5.11 Å². The Morgan fingerprint density at radius 2 is 1.91 bits per heavy atom. The minimum atomic E-state index is -0.999. The second kappa shape index (κ2) is 5.88. The van der Waals surface area contributed by atoms with Gasteiger partial charge >= 0.3 is 5.97 Å². The first-order valence-electron chi connectivity index (χ1n) is 7.11. The van der Waals surface area contributed by atoms with Crippen LogP contribution in [-0.4, -0.2) is 22.0 Å². The molecule has 0 radical (unpaired) electrons. The van der Waals surface area contributed by atoms with Crippen molar-refractivity contribution in [3.8, 4) is 0 Å². The van der Waals surface area contributed by atoms with Gasteiger partial charge in [-0.1, -0.05) is 0 Å². The Balaban J connectivity index is 1.75. The molecule has 1 amide bonds. The SMILES string of the molecule is Cc1csc([C@@H](NC(=O)c2ccc(C(=O)O)cc2)C2CC2)n1. The van der Waals surface area contributed by atoms with Crippen molar-refractivity contribution in [2.45, 2.75) is 25.8 Å². The summed E-state index contributed by atoms with van der Waals surface area (Å²) in [4.78, 5) is 27.7. The van der Waals surface area contributed by atoms with Crippen LogP contribution in [0.2, 0.25) is 0 Å². The Morgan fingerprint density at radius 1 is 1.27 bits per heavy atom. The molecule has 1 aromatic heterocycles. The third kappa shape index (κ3) is 3.17. The number of aromatic nitrogens is 1. The first-order chi connectivity index (χ1) is 10.5. The Kier molecular flexibility index (Phi) is 3.94. The average Bonchev–Trinajstić information content (AvgIpc) is 3.26. The number of rotatable bonds is 5. The first kappa shape index (κ1) is 14.7. The van der Waals surface area contributed by atoms with Gasteiger partial charge in [-0.15, -0.1) is 11.3 Å². The van der Waals surface area contributed by atoms with Crippen molar-refractivity contribution in [2.75, 3.05) is 0 Å². The molecule has 0 saturated heterocycles. The summed E-state index contributed by atoms with van der Waals surface area (Å²) in [6.07, 6.45) is 2.20. The summed E-state index contributed by atoms with van der Waals surface area (Å²) in [6, 6.07) is 5.91. The van der Waals surface area contributed by atoms with Gasteiger partial charge in [-0.2, -0.15) is 0 Å². The number of carboxylic acid groups (broad SMARTS) is 1. The van der Waals surface area contributed by atoms with Crippen molar-refractivity contribution >= 4 is 23.2 Å². The standard InChI is InChI=1S/C16H16N2O3S/c1-9-8-22-15(17-9)13(10-2-3-10)18-14(19)11-4-6-12(7-5-11)16(20)21/h4-8,10,13H,2-3H2,1H3,(H,18,19)(H,20,21)/t13-/m0/s1. The molecule has 0 aliphatic heterocycles. The molecular formula is C16H16N2O3S. The molecule has 3 rings (SSSR count). The van der Waals surface area contributed by atoms with Gasteiger partial charge in [-0.25, -0.2) is 9.78 Å². The molecule has 6 heteroatoms. The van der Waals surface area contributed by atoms with Crippen LogP contribution in [-0.2, 0) is 0 Å². The number of hydrogen-bond donors (Lipinski definition) is 2. The van der Waals surface area contributed by atoms with E-state index in [1.807, 2.05) is 12.3 Å². The van der Waals surface area contributed by atoms with Crippen molar-refractivity contribution in [3.05, 3.63) is 51.5 Å². The molecular weight excluding hydrogens is 300 g/mol. The number of aryl methyl sites for hydroxylation is 1. The Labute approximate surface area is 132 Å². The molecule has 1 aliphatic carbocycles. The quantitative estimate of drug-likeness (QED) is 0.888. The summed E-state index contributed by atoms with van der Waals surface area (Å²) in [5.41, 5.74) is 1.60. The highest BCUT2D eigenvalue weighted by molar-refractivity contribution is 7.09. The van der Waals surface area contributed by atoms with Crippen LogP contribution in [0, 0.1) is 12.8 Å². The molecule has 114 valence electrons. The van der Waals surface area contributed by atoms with Gasteiger partial charge < -0.3 is 10.4 Å². The smallest absolute Gasteiger partial charge is 0.335 e. The van der Waals surface area contributed by atoms with E-state index in [-0.39, 0.29) is 17.5 Å². The number of carbonyl (C=O) groups excluding carboxylic acids is 1. The van der Waals surface area contributed by atoms with Gasteiger partial charge in [-0.3, -0.25) is 4.79 Å². The maximum Gasteiger partial charge on any atom is 0.335 e. The lowest BCUT2D eigenvalue weighted by Gasteiger charge is -2.16. The van der Waals surface area contributed by atoms with E-state index in [1.165, 1.54) is 24.3 Å². The Bertz CT molecular complexity index is 704. The molecule has 1 atom stereocenters. The number of amides is 1. The highest BCUT2D eigenvalue weighted by Crippen LogP contribution is 2.41. The normalized spacial score (nSPS) is 15.3. The van der Waals surface area contributed by atoms with Crippen molar-refractivity contribution in [3.63, 3.8) is 0 Å². The highest BCUT2D eigenvalue weighted by atomic mass is 32.1. The van der Waals surface area contributed by atoms with E-state index in [1.54, 1.807) is 11.3 Å². The molecule has 2 N–H and O–H groups in total. The van der Waals surface area contributed by atoms with E-state index in [9.17, 15) is 9.59 Å². The molecule has 1 aromatic carbocycles. The summed E-state index contributed by atoms with van der Waals surface area (Å²) in [5.74, 6) is -0.740. The predicted octanol–water partition coefficient (Wildman–Crippen LogP) is 3.03. The molecule has 0 unspecified atom stereocenters. The van der Waals surface area contributed by atoms with E-state index >= 15 is 0 Å². The number of thiazole rings is 1. The van der Waals surface area contributed by atoms with Crippen molar-refractivity contribution in [1.82, 2.24) is 10.3 Å².